The Morgan fingerprint density at radius 2 is 2.44 bits per heavy atom. The first-order valence-corrected chi connectivity index (χ1v) is 5.31. The van der Waals surface area contributed by atoms with Crippen LogP contribution in [-0.4, -0.2) is 43.0 Å². The molecule has 16 heavy (non-hydrogen) atoms. The van der Waals surface area contributed by atoms with Gasteiger partial charge in [0.2, 0.25) is 0 Å². The van der Waals surface area contributed by atoms with Crippen LogP contribution in [0, 0.1) is 0 Å². The lowest BCUT2D eigenvalue weighted by Crippen LogP contribution is -2.30. The Morgan fingerprint density at radius 1 is 1.62 bits per heavy atom. The zero-order valence-corrected chi connectivity index (χ0v) is 9.52. The van der Waals surface area contributed by atoms with Crippen LogP contribution in [0.1, 0.15) is 5.56 Å². The maximum Gasteiger partial charge on any atom is 0.126 e. The summed E-state index contributed by atoms with van der Waals surface area (Å²) in [5.74, 6) is 0.485. The van der Waals surface area contributed by atoms with Crippen molar-refractivity contribution >= 4 is 5.82 Å². The molecule has 0 aromatic carbocycles. The molecule has 0 amide bonds. The third-order valence-electron chi connectivity index (χ3n) is 2.24. The number of aliphatic hydroxyl groups is 1. The molecule has 1 unspecified atom stereocenters. The quantitative estimate of drug-likeness (QED) is 0.560. The highest BCUT2D eigenvalue weighted by Gasteiger charge is 2.07. The molecule has 0 spiro atoms. The highest BCUT2D eigenvalue weighted by Crippen LogP contribution is 2.09. The Morgan fingerprint density at radius 3 is 3.12 bits per heavy atom. The second-order valence-electron chi connectivity index (χ2n) is 3.60. The Kier molecular flexibility index (Phi) is 5.77. The highest BCUT2D eigenvalue weighted by atomic mass is 16.5. The van der Waals surface area contributed by atoms with E-state index in [1.807, 2.05) is 12.1 Å². The van der Waals surface area contributed by atoms with Crippen molar-refractivity contribution in [2.24, 2.45) is 0 Å². The number of hydrogen-bond donors (Lipinski definition) is 3. The molecule has 90 valence electrons. The summed E-state index contributed by atoms with van der Waals surface area (Å²) >= 11 is 0. The van der Waals surface area contributed by atoms with Crippen LogP contribution in [0.25, 0.3) is 0 Å². The van der Waals surface area contributed by atoms with Gasteiger partial charge in [0.15, 0.2) is 0 Å². The van der Waals surface area contributed by atoms with E-state index >= 15 is 0 Å². The molecule has 0 saturated carbocycles. The van der Waals surface area contributed by atoms with Gasteiger partial charge in [-0.2, -0.15) is 0 Å². The lowest BCUT2D eigenvalue weighted by molar-refractivity contribution is 0.160. The zero-order chi connectivity index (χ0) is 11.8. The third kappa shape index (κ3) is 4.57. The predicted molar refractivity (Wildman–Crippen MR) is 63.1 cm³/mol. The van der Waals surface area contributed by atoms with Crippen molar-refractivity contribution in [1.29, 1.82) is 0 Å². The summed E-state index contributed by atoms with van der Waals surface area (Å²) in [5.41, 5.74) is 6.56. The number of rotatable bonds is 7. The molecular weight excluding hydrogens is 206 g/mol. The zero-order valence-electron chi connectivity index (χ0n) is 9.52. The normalized spacial score (nSPS) is 12.6. The molecule has 4 N–H and O–H groups in total. The molecule has 0 fully saturated rings. The first-order chi connectivity index (χ1) is 7.74. The van der Waals surface area contributed by atoms with Crippen LogP contribution in [0.3, 0.4) is 0 Å². The predicted octanol–water partition coefficient (Wildman–Crippen LogP) is -0.197. The average Bonchev–Trinajstić information content (AvgIpc) is 2.28. The second kappa shape index (κ2) is 7.16. The summed E-state index contributed by atoms with van der Waals surface area (Å²) in [6.45, 7) is 1.90. The van der Waals surface area contributed by atoms with Gasteiger partial charge >= 0.3 is 0 Å². The van der Waals surface area contributed by atoms with Crippen LogP contribution >= 0.6 is 0 Å². The molecule has 0 aliphatic heterocycles. The fourth-order valence-corrected chi connectivity index (χ4v) is 1.39. The van der Waals surface area contributed by atoms with Gasteiger partial charge in [-0.1, -0.05) is 6.07 Å². The van der Waals surface area contributed by atoms with Gasteiger partial charge in [0.25, 0.3) is 0 Å². The molecule has 1 aromatic heterocycles. The standard InChI is InChI=1S/C11H19N3O2/c1-16-6-5-13-8-10(15)7-9-3-2-4-14-11(9)12/h2-4,10,13,15H,5-8H2,1H3,(H2,12,14). The number of anilines is 1. The molecule has 0 aliphatic carbocycles. The Bertz CT molecular complexity index is 307. The molecular formula is C11H19N3O2. The molecule has 1 aromatic rings. The fourth-order valence-electron chi connectivity index (χ4n) is 1.39. The van der Waals surface area contributed by atoms with Crippen LogP contribution in [0.4, 0.5) is 5.82 Å². The largest absolute Gasteiger partial charge is 0.391 e. The number of nitrogens with two attached hydrogens (primary N) is 1. The Hall–Kier alpha value is -1.17. The van der Waals surface area contributed by atoms with Crippen LogP contribution in [0.15, 0.2) is 18.3 Å². The molecule has 0 saturated heterocycles. The first-order valence-electron chi connectivity index (χ1n) is 5.31. The van der Waals surface area contributed by atoms with E-state index in [1.165, 1.54) is 0 Å². The highest BCUT2D eigenvalue weighted by molar-refractivity contribution is 5.38. The summed E-state index contributed by atoms with van der Waals surface area (Å²) in [7, 11) is 1.65. The minimum absolute atomic E-state index is 0.455. The van der Waals surface area contributed by atoms with Crippen molar-refractivity contribution in [3.8, 4) is 0 Å². The van der Waals surface area contributed by atoms with Gasteiger partial charge in [-0.15, -0.1) is 0 Å². The number of methoxy groups -OCH3 is 1. The molecule has 1 atom stereocenters. The van der Waals surface area contributed by atoms with Crippen LogP contribution in [0.5, 0.6) is 0 Å². The summed E-state index contributed by atoms with van der Waals surface area (Å²) in [5, 5.41) is 12.8. The average molecular weight is 225 g/mol. The molecule has 0 bridgehead atoms. The maximum atomic E-state index is 9.74. The van der Waals surface area contributed by atoms with E-state index in [1.54, 1.807) is 13.3 Å². The SMILES string of the molecule is COCCNCC(O)Cc1cccnc1N. The van der Waals surface area contributed by atoms with Gasteiger partial charge in [0.1, 0.15) is 5.82 Å². The minimum atomic E-state index is -0.455. The first kappa shape index (κ1) is 12.9. The van der Waals surface area contributed by atoms with Gasteiger partial charge in [0.05, 0.1) is 12.7 Å². The van der Waals surface area contributed by atoms with Crippen LogP contribution < -0.4 is 11.1 Å². The molecule has 0 aliphatic rings. The smallest absolute Gasteiger partial charge is 0.126 e. The molecule has 5 nitrogen and oxygen atoms in total. The van der Waals surface area contributed by atoms with E-state index in [2.05, 4.69) is 10.3 Å². The topological polar surface area (TPSA) is 80.4 Å². The Labute approximate surface area is 95.6 Å². The van der Waals surface area contributed by atoms with E-state index in [4.69, 9.17) is 10.5 Å². The lowest BCUT2D eigenvalue weighted by atomic mass is 10.1. The lowest BCUT2D eigenvalue weighted by Gasteiger charge is -2.12. The molecule has 1 rings (SSSR count). The van der Waals surface area contributed by atoms with Crippen molar-refractivity contribution in [3.63, 3.8) is 0 Å². The summed E-state index contributed by atoms with van der Waals surface area (Å²) < 4.78 is 4.89. The van der Waals surface area contributed by atoms with Crippen molar-refractivity contribution in [2.75, 3.05) is 32.5 Å². The number of aliphatic hydroxyl groups excluding tert-OH is 1. The fraction of sp³-hybridized carbons (Fsp3) is 0.545. The van der Waals surface area contributed by atoms with Gasteiger partial charge in [0, 0.05) is 32.8 Å². The Balaban J connectivity index is 2.28. The summed E-state index contributed by atoms with van der Waals surface area (Å²) in [4.78, 5) is 3.97. The third-order valence-corrected chi connectivity index (χ3v) is 2.24. The van der Waals surface area contributed by atoms with Gasteiger partial charge in [-0.25, -0.2) is 4.98 Å². The van der Waals surface area contributed by atoms with Crippen LogP contribution in [-0.2, 0) is 11.2 Å². The van der Waals surface area contributed by atoms with Crippen LogP contribution in [0.2, 0.25) is 0 Å². The van der Waals surface area contributed by atoms with E-state index in [0.717, 1.165) is 12.1 Å². The molecule has 0 radical (unpaired) electrons. The van der Waals surface area contributed by atoms with Crippen molar-refractivity contribution in [3.05, 3.63) is 23.9 Å². The number of nitrogens with one attached hydrogen (secondary N) is 1. The number of nitrogen functional groups attached to an aromatic ring is 1. The van der Waals surface area contributed by atoms with Crippen molar-refractivity contribution < 1.29 is 9.84 Å². The van der Waals surface area contributed by atoms with Gasteiger partial charge < -0.3 is 20.9 Å². The minimum Gasteiger partial charge on any atom is -0.391 e. The number of ether oxygens (including phenoxy) is 1. The monoisotopic (exact) mass is 225 g/mol. The van der Waals surface area contributed by atoms with E-state index < -0.39 is 6.10 Å². The van der Waals surface area contributed by atoms with Gasteiger partial charge in [-0.05, 0) is 11.6 Å². The maximum absolute atomic E-state index is 9.74. The van der Waals surface area contributed by atoms with E-state index in [9.17, 15) is 5.11 Å². The molecule has 5 heteroatoms. The number of aromatic nitrogens is 1. The van der Waals surface area contributed by atoms with Gasteiger partial charge in [-0.3, -0.25) is 0 Å². The van der Waals surface area contributed by atoms with Crippen molar-refractivity contribution in [1.82, 2.24) is 10.3 Å². The van der Waals surface area contributed by atoms with E-state index in [0.29, 0.717) is 25.4 Å². The summed E-state index contributed by atoms with van der Waals surface area (Å²) in [6.07, 6.45) is 1.70. The second-order valence-corrected chi connectivity index (χ2v) is 3.60. The molecule has 1 heterocycles. The van der Waals surface area contributed by atoms with Crippen molar-refractivity contribution in [2.45, 2.75) is 12.5 Å². The number of pyridine rings is 1. The van der Waals surface area contributed by atoms with E-state index in [-0.39, 0.29) is 0 Å². The summed E-state index contributed by atoms with van der Waals surface area (Å²) in [6, 6.07) is 3.69. The number of nitrogens with zero attached hydrogens (tertiary/aromatic N) is 1. The number of hydrogen-bond acceptors (Lipinski definition) is 5.